The van der Waals surface area contributed by atoms with Crippen LogP contribution in [0.25, 0.3) is 0 Å². The van der Waals surface area contributed by atoms with Gasteiger partial charge >= 0.3 is 0 Å². The molecule has 30 heavy (non-hydrogen) atoms. The fraction of sp³-hybridized carbons (Fsp3) is 0.217. The summed E-state index contributed by atoms with van der Waals surface area (Å²) in [5.74, 6) is 1.07. The predicted octanol–water partition coefficient (Wildman–Crippen LogP) is 7.16. The topological polar surface area (TPSA) is 30.5 Å². The fourth-order valence-corrected chi connectivity index (χ4v) is 3.61. The molecule has 158 valence electrons. The normalized spacial score (nSPS) is 10.8. The first-order valence-electron chi connectivity index (χ1n) is 9.43. The summed E-state index contributed by atoms with van der Waals surface area (Å²) in [5.41, 5.74) is 2.95. The Morgan fingerprint density at radius 1 is 0.867 bits per heavy atom. The number of hydrogen-bond donors (Lipinski definition) is 1. The first-order chi connectivity index (χ1) is 14.5. The largest absolute Gasteiger partial charge is 0.490 e. The molecule has 0 aliphatic carbocycles. The molecule has 0 saturated carbocycles. The molecule has 0 radical (unpaired) electrons. The van der Waals surface area contributed by atoms with Gasteiger partial charge in [-0.2, -0.15) is 0 Å². The molecule has 0 aliphatic rings. The van der Waals surface area contributed by atoms with Gasteiger partial charge in [0, 0.05) is 17.6 Å². The lowest BCUT2D eigenvalue weighted by atomic mass is 10.1. The zero-order chi connectivity index (χ0) is 21.5. The number of rotatable bonds is 9. The Labute approximate surface area is 194 Å². The minimum atomic E-state index is -0.237. The number of halogens is 4. The predicted molar refractivity (Wildman–Crippen MR) is 123 cm³/mol. The van der Waals surface area contributed by atoms with E-state index in [9.17, 15) is 4.39 Å². The van der Waals surface area contributed by atoms with Crippen LogP contribution in [0.5, 0.6) is 11.5 Å². The Morgan fingerprint density at radius 2 is 1.57 bits per heavy atom. The molecule has 7 heteroatoms. The third kappa shape index (κ3) is 6.35. The third-order valence-corrected chi connectivity index (χ3v) is 5.83. The van der Waals surface area contributed by atoms with Gasteiger partial charge in [0.1, 0.15) is 12.4 Å². The van der Waals surface area contributed by atoms with E-state index < -0.39 is 0 Å². The summed E-state index contributed by atoms with van der Waals surface area (Å²) in [5, 5.41) is 4.36. The van der Waals surface area contributed by atoms with Gasteiger partial charge < -0.3 is 14.8 Å². The number of hydrogen-bond acceptors (Lipinski definition) is 3. The van der Waals surface area contributed by atoms with E-state index in [2.05, 4.69) is 21.2 Å². The van der Waals surface area contributed by atoms with Crippen molar-refractivity contribution < 1.29 is 13.9 Å². The first kappa shape index (κ1) is 22.9. The summed E-state index contributed by atoms with van der Waals surface area (Å²) >= 11 is 15.7. The van der Waals surface area contributed by atoms with Gasteiger partial charge in [-0.3, -0.25) is 0 Å². The summed E-state index contributed by atoms with van der Waals surface area (Å²) in [6.07, 6.45) is 0. The van der Waals surface area contributed by atoms with Gasteiger partial charge in [-0.1, -0.05) is 57.3 Å². The summed E-state index contributed by atoms with van der Waals surface area (Å²) in [4.78, 5) is 0. The van der Waals surface area contributed by atoms with Crippen molar-refractivity contribution in [2.24, 2.45) is 0 Å². The molecular weight excluding hydrogens is 492 g/mol. The van der Waals surface area contributed by atoms with Crippen LogP contribution in [0.15, 0.2) is 59.1 Å². The van der Waals surface area contributed by atoms with E-state index in [4.69, 9.17) is 32.7 Å². The molecule has 0 aliphatic heterocycles. The van der Waals surface area contributed by atoms with Crippen LogP contribution in [0.1, 0.15) is 23.6 Å². The van der Waals surface area contributed by atoms with Crippen LogP contribution in [-0.2, 0) is 19.7 Å². The molecule has 0 amide bonds. The maximum Gasteiger partial charge on any atom is 0.162 e. The molecule has 0 atom stereocenters. The van der Waals surface area contributed by atoms with Crippen molar-refractivity contribution in [3.8, 4) is 11.5 Å². The van der Waals surface area contributed by atoms with Crippen molar-refractivity contribution >= 4 is 39.1 Å². The molecule has 0 fully saturated rings. The van der Waals surface area contributed by atoms with E-state index in [0.717, 1.165) is 21.2 Å². The van der Waals surface area contributed by atoms with E-state index in [-0.39, 0.29) is 5.82 Å². The Balaban J connectivity index is 1.67. The van der Waals surface area contributed by atoms with Gasteiger partial charge in [0.05, 0.1) is 16.7 Å². The molecule has 0 aromatic heterocycles. The second-order valence-corrected chi connectivity index (χ2v) is 8.26. The van der Waals surface area contributed by atoms with Crippen LogP contribution >= 0.6 is 39.1 Å². The lowest BCUT2D eigenvalue weighted by molar-refractivity contribution is 0.269. The quantitative estimate of drug-likeness (QED) is 0.330. The number of nitrogens with one attached hydrogen (secondary N) is 1. The average Bonchev–Trinajstić information content (AvgIpc) is 2.73. The van der Waals surface area contributed by atoms with Crippen molar-refractivity contribution in [3.05, 3.63) is 91.6 Å². The van der Waals surface area contributed by atoms with Crippen molar-refractivity contribution in [1.82, 2.24) is 5.32 Å². The Hall–Kier alpha value is -1.79. The van der Waals surface area contributed by atoms with Gasteiger partial charge in [-0.05, 0) is 60.0 Å². The van der Waals surface area contributed by atoms with Crippen LogP contribution in [0, 0.1) is 5.82 Å². The lowest BCUT2D eigenvalue weighted by Crippen LogP contribution is -2.13. The average molecular weight is 513 g/mol. The lowest BCUT2D eigenvalue weighted by Gasteiger charge is -2.16. The van der Waals surface area contributed by atoms with E-state index in [0.29, 0.717) is 47.8 Å². The number of ether oxygens (including phenoxy) is 2. The molecule has 0 unspecified atom stereocenters. The molecule has 0 saturated heterocycles. The molecule has 3 rings (SSSR count). The van der Waals surface area contributed by atoms with Gasteiger partial charge in [-0.25, -0.2) is 4.39 Å². The van der Waals surface area contributed by atoms with Crippen molar-refractivity contribution in [1.29, 1.82) is 0 Å². The van der Waals surface area contributed by atoms with Crippen molar-refractivity contribution in [2.75, 3.05) is 6.61 Å². The summed E-state index contributed by atoms with van der Waals surface area (Å²) in [6.45, 7) is 4.04. The van der Waals surface area contributed by atoms with E-state index in [1.807, 2.05) is 25.1 Å². The minimum absolute atomic E-state index is 0.237. The van der Waals surface area contributed by atoms with Gasteiger partial charge in [-0.15, -0.1) is 0 Å². The van der Waals surface area contributed by atoms with Crippen LogP contribution in [0.4, 0.5) is 4.39 Å². The zero-order valence-corrected chi connectivity index (χ0v) is 19.5. The third-order valence-electron chi connectivity index (χ3n) is 4.35. The number of benzene rings is 3. The fourth-order valence-electron chi connectivity index (χ4n) is 2.83. The highest BCUT2D eigenvalue weighted by Gasteiger charge is 2.12. The van der Waals surface area contributed by atoms with Gasteiger partial charge in [0.25, 0.3) is 0 Å². The van der Waals surface area contributed by atoms with Crippen molar-refractivity contribution in [3.63, 3.8) is 0 Å². The summed E-state index contributed by atoms with van der Waals surface area (Å²) < 4.78 is 25.7. The minimum Gasteiger partial charge on any atom is -0.490 e. The molecule has 0 spiro atoms. The molecule has 0 heterocycles. The maximum atomic E-state index is 13.0. The standard InChI is InChI=1S/C23H21BrCl2FNO2/c1-2-29-22-10-17(13-28-12-15-3-6-18(27)7-4-15)19(24)11-23(22)30-14-16-5-8-20(25)21(26)9-16/h3-11,28H,2,12-14H2,1H3. The van der Waals surface area contributed by atoms with Gasteiger partial charge in [0.2, 0.25) is 0 Å². The Kier molecular flexibility index (Phi) is 8.40. The van der Waals surface area contributed by atoms with Gasteiger partial charge in [0.15, 0.2) is 11.5 Å². The Morgan fingerprint density at radius 3 is 2.27 bits per heavy atom. The van der Waals surface area contributed by atoms with Crippen LogP contribution in [0.3, 0.4) is 0 Å². The zero-order valence-electron chi connectivity index (χ0n) is 16.4. The molecule has 0 bridgehead atoms. The summed E-state index contributed by atoms with van der Waals surface area (Å²) in [7, 11) is 0. The first-order valence-corrected chi connectivity index (χ1v) is 11.0. The van der Waals surface area contributed by atoms with E-state index in [1.54, 1.807) is 24.3 Å². The highest BCUT2D eigenvalue weighted by Crippen LogP contribution is 2.35. The molecule has 3 aromatic carbocycles. The molecule has 3 nitrogen and oxygen atoms in total. The second-order valence-electron chi connectivity index (χ2n) is 6.59. The second kappa shape index (κ2) is 11.0. The molecule has 1 N–H and O–H groups in total. The van der Waals surface area contributed by atoms with E-state index in [1.165, 1.54) is 12.1 Å². The highest BCUT2D eigenvalue weighted by atomic mass is 79.9. The molecule has 3 aromatic rings. The van der Waals surface area contributed by atoms with Crippen molar-refractivity contribution in [2.45, 2.75) is 26.6 Å². The molecular formula is C23H21BrCl2FNO2. The van der Waals surface area contributed by atoms with Crippen LogP contribution in [-0.4, -0.2) is 6.61 Å². The smallest absolute Gasteiger partial charge is 0.162 e. The summed E-state index contributed by atoms with van der Waals surface area (Å²) in [6, 6.07) is 15.7. The van der Waals surface area contributed by atoms with E-state index >= 15 is 0 Å². The Bertz CT molecular complexity index is 999. The highest BCUT2D eigenvalue weighted by molar-refractivity contribution is 9.10. The SMILES string of the molecule is CCOc1cc(CNCc2ccc(F)cc2)c(Br)cc1OCc1ccc(Cl)c(Cl)c1. The van der Waals surface area contributed by atoms with Crippen LogP contribution < -0.4 is 14.8 Å². The van der Waals surface area contributed by atoms with Crippen LogP contribution in [0.2, 0.25) is 10.0 Å². The monoisotopic (exact) mass is 511 g/mol. The maximum absolute atomic E-state index is 13.0.